The van der Waals surface area contributed by atoms with Crippen LogP contribution in [0.2, 0.25) is 10.0 Å². The van der Waals surface area contributed by atoms with Crippen molar-refractivity contribution < 1.29 is 19.1 Å². The van der Waals surface area contributed by atoms with Crippen molar-refractivity contribution >= 4 is 52.2 Å². The average molecular weight is 528 g/mol. The minimum Gasteiger partial charge on any atom is -0.490 e. The molecule has 3 aromatic rings. The summed E-state index contributed by atoms with van der Waals surface area (Å²) in [5.41, 5.74) is 3.51. The number of amides is 2. The van der Waals surface area contributed by atoms with Crippen LogP contribution in [0.3, 0.4) is 0 Å². The Labute approximate surface area is 218 Å². The molecule has 1 aliphatic heterocycles. The van der Waals surface area contributed by atoms with E-state index in [1.54, 1.807) is 30.3 Å². The van der Waals surface area contributed by atoms with Crippen LogP contribution in [0.5, 0.6) is 11.5 Å². The number of carbonyl (C=O) groups is 2. The Hall–Kier alpha value is -2.93. The molecule has 3 aromatic carbocycles. The number of nitrogens with zero attached hydrogens (tertiary/aromatic N) is 1. The first-order valence-corrected chi connectivity index (χ1v) is 12.6. The van der Waals surface area contributed by atoms with E-state index in [-0.39, 0.29) is 24.3 Å². The highest BCUT2D eigenvalue weighted by Crippen LogP contribution is 2.36. The normalized spacial score (nSPS) is 14.6. The number of imide groups is 1. The molecule has 1 heterocycles. The predicted octanol–water partition coefficient (Wildman–Crippen LogP) is 7.52. The third kappa shape index (κ3) is 6.20. The van der Waals surface area contributed by atoms with Gasteiger partial charge >= 0.3 is 0 Å². The van der Waals surface area contributed by atoms with E-state index in [1.807, 2.05) is 50.2 Å². The number of hydrogen-bond acceptors (Lipinski definition) is 5. The number of hydrogen-bond donors (Lipinski definition) is 0. The highest BCUT2D eigenvalue weighted by Gasteiger charge is 2.35. The van der Waals surface area contributed by atoms with Gasteiger partial charge < -0.3 is 9.47 Å². The second-order valence-electron chi connectivity index (χ2n) is 7.92. The van der Waals surface area contributed by atoms with Crippen LogP contribution in [0.25, 0.3) is 6.08 Å². The number of thioether (sulfide) groups is 1. The van der Waals surface area contributed by atoms with Gasteiger partial charge in [0.05, 0.1) is 18.1 Å². The van der Waals surface area contributed by atoms with Crippen molar-refractivity contribution in [2.24, 2.45) is 0 Å². The summed E-state index contributed by atoms with van der Waals surface area (Å²) < 4.78 is 11.7. The van der Waals surface area contributed by atoms with Gasteiger partial charge in [-0.25, -0.2) is 0 Å². The summed E-state index contributed by atoms with van der Waals surface area (Å²) in [6, 6.07) is 18.4. The van der Waals surface area contributed by atoms with Crippen molar-refractivity contribution in [3.63, 3.8) is 0 Å². The lowest BCUT2D eigenvalue weighted by Crippen LogP contribution is -2.27. The van der Waals surface area contributed by atoms with Crippen molar-refractivity contribution in [3.05, 3.63) is 97.9 Å². The number of carbonyl (C=O) groups excluding carboxylic acids is 2. The molecule has 1 saturated heterocycles. The first kappa shape index (κ1) is 25.2. The Morgan fingerprint density at radius 3 is 2.54 bits per heavy atom. The maximum absolute atomic E-state index is 12.9. The molecule has 0 aromatic heterocycles. The maximum atomic E-state index is 12.9. The van der Waals surface area contributed by atoms with Crippen LogP contribution in [-0.2, 0) is 17.9 Å². The summed E-state index contributed by atoms with van der Waals surface area (Å²) in [6.07, 6.45) is 1.70. The van der Waals surface area contributed by atoms with E-state index in [4.69, 9.17) is 32.7 Å². The molecule has 8 heteroatoms. The number of benzene rings is 3. The molecule has 0 atom stereocenters. The Bertz CT molecular complexity index is 1310. The first-order valence-electron chi connectivity index (χ1n) is 11.0. The second-order valence-corrected chi connectivity index (χ2v) is 9.76. The third-order valence-corrected chi connectivity index (χ3v) is 6.75. The molecule has 0 aliphatic carbocycles. The van der Waals surface area contributed by atoms with Gasteiger partial charge in [-0.05, 0) is 67.1 Å². The summed E-state index contributed by atoms with van der Waals surface area (Å²) in [6.45, 7) is 4.78. The van der Waals surface area contributed by atoms with E-state index >= 15 is 0 Å². The molecular weight excluding hydrogens is 505 g/mol. The molecule has 1 aliphatic rings. The summed E-state index contributed by atoms with van der Waals surface area (Å²) in [5, 5.41) is 0.794. The van der Waals surface area contributed by atoms with E-state index in [9.17, 15) is 9.59 Å². The van der Waals surface area contributed by atoms with Gasteiger partial charge in [0.2, 0.25) is 0 Å². The Kier molecular flexibility index (Phi) is 8.06. The molecule has 180 valence electrons. The molecule has 4 rings (SSSR count). The Morgan fingerprint density at radius 1 is 0.971 bits per heavy atom. The molecule has 0 N–H and O–H groups in total. The van der Waals surface area contributed by atoms with E-state index in [1.165, 1.54) is 4.90 Å². The van der Waals surface area contributed by atoms with Gasteiger partial charge in [0, 0.05) is 15.6 Å². The molecule has 2 amide bonds. The Balaban J connectivity index is 1.51. The fourth-order valence-corrected chi connectivity index (χ4v) is 4.88. The molecule has 0 saturated carbocycles. The highest BCUT2D eigenvalue weighted by molar-refractivity contribution is 8.18. The maximum Gasteiger partial charge on any atom is 0.293 e. The summed E-state index contributed by atoms with van der Waals surface area (Å²) in [7, 11) is 0. The molecule has 0 spiro atoms. The summed E-state index contributed by atoms with van der Waals surface area (Å²) >= 11 is 13.1. The zero-order valence-corrected chi connectivity index (χ0v) is 21.5. The molecule has 5 nitrogen and oxygen atoms in total. The Morgan fingerprint density at radius 2 is 1.80 bits per heavy atom. The van der Waals surface area contributed by atoms with Crippen LogP contribution in [-0.4, -0.2) is 22.7 Å². The van der Waals surface area contributed by atoms with Crippen LogP contribution in [0.4, 0.5) is 4.79 Å². The second kappa shape index (κ2) is 11.2. The molecule has 1 fully saturated rings. The van der Waals surface area contributed by atoms with Crippen molar-refractivity contribution in [1.82, 2.24) is 4.90 Å². The molecular formula is C27H23Cl2NO4S. The molecule has 35 heavy (non-hydrogen) atoms. The van der Waals surface area contributed by atoms with Gasteiger partial charge in [0.25, 0.3) is 11.1 Å². The third-order valence-electron chi connectivity index (χ3n) is 5.26. The average Bonchev–Trinajstić information content (AvgIpc) is 3.07. The van der Waals surface area contributed by atoms with Crippen molar-refractivity contribution in [2.75, 3.05) is 6.61 Å². The zero-order chi connectivity index (χ0) is 24.9. The lowest BCUT2D eigenvalue weighted by atomic mass is 10.1. The fourth-order valence-electron chi connectivity index (χ4n) is 3.58. The lowest BCUT2D eigenvalue weighted by Gasteiger charge is -2.14. The van der Waals surface area contributed by atoms with Crippen LogP contribution in [0.15, 0.2) is 65.6 Å². The minimum absolute atomic E-state index is 0.243. The van der Waals surface area contributed by atoms with Crippen LogP contribution in [0, 0.1) is 6.92 Å². The lowest BCUT2D eigenvalue weighted by molar-refractivity contribution is -0.123. The van der Waals surface area contributed by atoms with E-state index in [0.29, 0.717) is 33.1 Å². The smallest absolute Gasteiger partial charge is 0.293 e. The summed E-state index contributed by atoms with van der Waals surface area (Å²) in [5.74, 6) is 0.769. The van der Waals surface area contributed by atoms with Gasteiger partial charge in [-0.3, -0.25) is 14.5 Å². The first-order chi connectivity index (χ1) is 16.8. The van der Waals surface area contributed by atoms with Gasteiger partial charge in [-0.2, -0.15) is 0 Å². The largest absolute Gasteiger partial charge is 0.490 e. The topological polar surface area (TPSA) is 55.8 Å². The van der Waals surface area contributed by atoms with Gasteiger partial charge in [0.15, 0.2) is 11.5 Å². The van der Waals surface area contributed by atoms with Crippen LogP contribution in [0.1, 0.15) is 29.2 Å². The number of rotatable bonds is 8. The number of ether oxygens (including phenoxy) is 2. The van der Waals surface area contributed by atoms with E-state index < -0.39 is 0 Å². The quantitative estimate of drug-likeness (QED) is 0.283. The number of aryl methyl sites for hydroxylation is 1. The van der Waals surface area contributed by atoms with Crippen LogP contribution >= 0.6 is 35.0 Å². The molecule has 0 unspecified atom stereocenters. The molecule has 0 radical (unpaired) electrons. The van der Waals surface area contributed by atoms with Gasteiger partial charge in [-0.15, -0.1) is 0 Å². The fraction of sp³-hybridized carbons (Fsp3) is 0.185. The summed E-state index contributed by atoms with van der Waals surface area (Å²) in [4.78, 5) is 27.1. The standard InChI is InChI=1S/C27H23Cl2NO4S/c1-3-33-24-12-18(7-10-23(24)34-16-20-8-9-21(28)14-22(20)29)13-25-26(31)30(27(32)35-25)15-19-6-4-5-17(2)11-19/h4-14H,3,15-16H2,1-2H3/b25-13+. The molecule has 0 bridgehead atoms. The highest BCUT2D eigenvalue weighted by atomic mass is 35.5. The SMILES string of the molecule is CCOc1cc(/C=C2/SC(=O)N(Cc3cccc(C)c3)C2=O)ccc1OCc1ccc(Cl)cc1Cl. The van der Waals surface area contributed by atoms with Crippen molar-refractivity contribution in [1.29, 1.82) is 0 Å². The minimum atomic E-state index is -0.308. The van der Waals surface area contributed by atoms with Crippen LogP contribution < -0.4 is 9.47 Å². The van der Waals surface area contributed by atoms with Crippen molar-refractivity contribution in [3.8, 4) is 11.5 Å². The number of halogens is 2. The van der Waals surface area contributed by atoms with Gasteiger partial charge in [0.1, 0.15) is 6.61 Å². The van der Waals surface area contributed by atoms with Crippen molar-refractivity contribution in [2.45, 2.75) is 27.0 Å². The van der Waals surface area contributed by atoms with E-state index in [2.05, 4.69) is 0 Å². The zero-order valence-electron chi connectivity index (χ0n) is 19.2. The van der Waals surface area contributed by atoms with Gasteiger partial charge in [-0.1, -0.05) is 65.2 Å². The monoisotopic (exact) mass is 527 g/mol. The van der Waals surface area contributed by atoms with E-state index in [0.717, 1.165) is 34.0 Å². The predicted molar refractivity (Wildman–Crippen MR) is 141 cm³/mol.